The summed E-state index contributed by atoms with van der Waals surface area (Å²) >= 11 is 0. The van der Waals surface area contributed by atoms with E-state index >= 15 is 0 Å². The molecule has 0 bridgehead atoms. The summed E-state index contributed by atoms with van der Waals surface area (Å²) in [6.07, 6.45) is -4.05. The highest BCUT2D eigenvalue weighted by Crippen LogP contribution is 2.16. The molecule has 0 aromatic rings. The zero-order chi connectivity index (χ0) is 8.43. The maximum atomic E-state index is 9.11. The third-order valence-electron chi connectivity index (χ3n) is 1.76. The molecule has 0 aliphatic carbocycles. The SMILES string of the molecule is OCC(O)[C@H]1OCC(O)C1O. The highest BCUT2D eigenvalue weighted by atomic mass is 16.5. The van der Waals surface area contributed by atoms with Crippen LogP contribution in [0.2, 0.25) is 0 Å². The van der Waals surface area contributed by atoms with Crippen molar-refractivity contribution in [2.75, 3.05) is 13.2 Å². The topological polar surface area (TPSA) is 90.2 Å². The standard InChI is InChI=1S/C6H12O5/c7-1-3(8)6-5(10)4(9)2-11-6/h3-10H,1-2H2/t3?,4?,5?,6-/m1/s1. The maximum Gasteiger partial charge on any atom is 0.114 e. The Morgan fingerprint density at radius 2 is 2.09 bits per heavy atom. The summed E-state index contributed by atoms with van der Waals surface area (Å²) in [5.41, 5.74) is 0. The van der Waals surface area contributed by atoms with Crippen LogP contribution < -0.4 is 0 Å². The summed E-state index contributed by atoms with van der Waals surface area (Å²) in [5.74, 6) is 0. The molecule has 66 valence electrons. The fourth-order valence-corrected chi connectivity index (χ4v) is 1.07. The van der Waals surface area contributed by atoms with Gasteiger partial charge in [0.15, 0.2) is 0 Å². The Labute approximate surface area is 63.8 Å². The summed E-state index contributed by atoms with van der Waals surface area (Å²) in [6.45, 7) is -0.475. The van der Waals surface area contributed by atoms with Crippen LogP contribution in [0.1, 0.15) is 0 Å². The number of hydrogen-bond acceptors (Lipinski definition) is 5. The van der Waals surface area contributed by atoms with Gasteiger partial charge >= 0.3 is 0 Å². The molecule has 3 unspecified atom stereocenters. The van der Waals surface area contributed by atoms with Gasteiger partial charge in [-0.1, -0.05) is 0 Å². The molecule has 1 fully saturated rings. The molecule has 1 saturated heterocycles. The van der Waals surface area contributed by atoms with Gasteiger partial charge in [-0.05, 0) is 0 Å². The third-order valence-corrected chi connectivity index (χ3v) is 1.76. The Morgan fingerprint density at radius 3 is 2.45 bits per heavy atom. The minimum Gasteiger partial charge on any atom is -0.394 e. The van der Waals surface area contributed by atoms with E-state index in [2.05, 4.69) is 0 Å². The lowest BCUT2D eigenvalue weighted by atomic mass is 10.1. The predicted octanol–water partition coefficient (Wildman–Crippen LogP) is -2.54. The summed E-state index contributed by atoms with van der Waals surface area (Å²) < 4.78 is 4.82. The quantitative estimate of drug-likeness (QED) is 0.361. The van der Waals surface area contributed by atoms with Gasteiger partial charge in [-0.25, -0.2) is 0 Å². The van der Waals surface area contributed by atoms with Crippen LogP contribution in [-0.2, 0) is 4.74 Å². The second-order valence-corrected chi connectivity index (χ2v) is 2.61. The van der Waals surface area contributed by atoms with E-state index in [-0.39, 0.29) is 6.61 Å². The first kappa shape index (κ1) is 8.89. The maximum absolute atomic E-state index is 9.11. The van der Waals surface area contributed by atoms with Gasteiger partial charge in [0.05, 0.1) is 13.2 Å². The second kappa shape index (κ2) is 3.46. The highest BCUT2D eigenvalue weighted by Gasteiger charge is 2.38. The molecule has 5 heteroatoms. The zero-order valence-corrected chi connectivity index (χ0v) is 5.92. The van der Waals surface area contributed by atoms with E-state index < -0.39 is 31.0 Å². The van der Waals surface area contributed by atoms with Crippen LogP contribution in [0.3, 0.4) is 0 Å². The summed E-state index contributed by atoms with van der Waals surface area (Å²) in [7, 11) is 0. The average Bonchev–Trinajstić information content (AvgIpc) is 2.32. The number of aliphatic hydroxyl groups is 4. The molecule has 0 spiro atoms. The lowest BCUT2D eigenvalue weighted by Gasteiger charge is -2.18. The minimum atomic E-state index is -1.12. The predicted molar refractivity (Wildman–Crippen MR) is 34.8 cm³/mol. The molecule has 0 aromatic carbocycles. The average molecular weight is 164 g/mol. The van der Waals surface area contributed by atoms with Crippen molar-refractivity contribution < 1.29 is 25.2 Å². The van der Waals surface area contributed by atoms with E-state index in [4.69, 9.17) is 25.2 Å². The molecule has 1 rings (SSSR count). The second-order valence-electron chi connectivity index (χ2n) is 2.61. The molecule has 0 saturated carbocycles. The fraction of sp³-hybridized carbons (Fsp3) is 1.00. The van der Waals surface area contributed by atoms with E-state index in [1.165, 1.54) is 0 Å². The van der Waals surface area contributed by atoms with Crippen molar-refractivity contribution in [2.24, 2.45) is 0 Å². The number of hydrogen-bond donors (Lipinski definition) is 4. The Bertz CT molecular complexity index is 128. The summed E-state index contributed by atoms with van der Waals surface area (Å²) in [4.78, 5) is 0. The van der Waals surface area contributed by atoms with E-state index in [0.29, 0.717) is 0 Å². The molecule has 4 atom stereocenters. The third kappa shape index (κ3) is 1.69. The van der Waals surface area contributed by atoms with Crippen LogP contribution in [0.15, 0.2) is 0 Å². The first-order valence-electron chi connectivity index (χ1n) is 3.43. The Hall–Kier alpha value is -0.200. The number of aliphatic hydroxyl groups excluding tert-OH is 4. The Balaban J connectivity index is 2.47. The van der Waals surface area contributed by atoms with Crippen LogP contribution in [0.4, 0.5) is 0 Å². The van der Waals surface area contributed by atoms with Crippen molar-refractivity contribution in [1.29, 1.82) is 0 Å². The lowest BCUT2D eigenvalue weighted by Crippen LogP contribution is -2.40. The van der Waals surface area contributed by atoms with Crippen LogP contribution in [0, 0.1) is 0 Å². The minimum absolute atomic E-state index is 0.00287. The van der Waals surface area contributed by atoms with E-state index in [9.17, 15) is 0 Å². The van der Waals surface area contributed by atoms with Gasteiger partial charge in [0.1, 0.15) is 24.4 Å². The number of ether oxygens (including phenoxy) is 1. The van der Waals surface area contributed by atoms with Gasteiger partial charge in [-0.15, -0.1) is 0 Å². The molecule has 5 nitrogen and oxygen atoms in total. The van der Waals surface area contributed by atoms with Gasteiger partial charge in [0, 0.05) is 0 Å². The first-order valence-corrected chi connectivity index (χ1v) is 3.43. The van der Waals surface area contributed by atoms with Crippen molar-refractivity contribution >= 4 is 0 Å². The largest absolute Gasteiger partial charge is 0.394 e. The molecule has 11 heavy (non-hydrogen) atoms. The Morgan fingerprint density at radius 1 is 1.45 bits per heavy atom. The van der Waals surface area contributed by atoms with Crippen LogP contribution in [0.25, 0.3) is 0 Å². The van der Waals surface area contributed by atoms with Crippen molar-refractivity contribution in [3.63, 3.8) is 0 Å². The van der Waals surface area contributed by atoms with E-state index in [1.54, 1.807) is 0 Å². The van der Waals surface area contributed by atoms with Crippen LogP contribution in [0.5, 0.6) is 0 Å². The van der Waals surface area contributed by atoms with Gasteiger partial charge in [-0.3, -0.25) is 0 Å². The van der Waals surface area contributed by atoms with Crippen LogP contribution in [-0.4, -0.2) is 58.1 Å². The van der Waals surface area contributed by atoms with Gasteiger partial charge in [0.25, 0.3) is 0 Å². The first-order chi connectivity index (χ1) is 5.16. The monoisotopic (exact) mass is 164 g/mol. The molecule has 0 aromatic heterocycles. The van der Waals surface area contributed by atoms with Crippen molar-refractivity contribution in [3.8, 4) is 0 Å². The Kier molecular flexibility index (Phi) is 2.80. The summed E-state index contributed by atoms with van der Waals surface area (Å²) in [5, 5.41) is 35.5. The fourth-order valence-electron chi connectivity index (χ4n) is 1.07. The van der Waals surface area contributed by atoms with Gasteiger partial charge in [-0.2, -0.15) is 0 Å². The zero-order valence-electron chi connectivity index (χ0n) is 5.92. The lowest BCUT2D eigenvalue weighted by molar-refractivity contribution is -0.0684. The van der Waals surface area contributed by atoms with Gasteiger partial charge in [0.2, 0.25) is 0 Å². The normalized spacial score (nSPS) is 40.9. The molecular formula is C6H12O5. The van der Waals surface area contributed by atoms with E-state index in [0.717, 1.165) is 0 Å². The molecule has 0 amide bonds. The molecule has 1 heterocycles. The summed E-state index contributed by atoms with van der Waals surface area (Å²) in [6, 6.07) is 0. The smallest absolute Gasteiger partial charge is 0.114 e. The van der Waals surface area contributed by atoms with Crippen molar-refractivity contribution in [1.82, 2.24) is 0 Å². The molecule has 1 aliphatic heterocycles. The molecular weight excluding hydrogens is 152 g/mol. The van der Waals surface area contributed by atoms with E-state index in [1.807, 2.05) is 0 Å². The molecule has 0 radical (unpaired) electrons. The number of rotatable bonds is 2. The van der Waals surface area contributed by atoms with Crippen LogP contribution >= 0.6 is 0 Å². The van der Waals surface area contributed by atoms with Crippen molar-refractivity contribution in [2.45, 2.75) is 24.4 Å². The van der Waals surface area contributed by atoms with Crippen molar-refractivity contribution in [3.05, 3.63) is 0 Å². The molecule has 4 N–H and O–H groups in total. The highest BCUT2D eigenvalue weighted by molar-refractivity contribution is 4.87. The molecule has 1 aliphatic rings. The van der Waals surface area contributed by atoms with Gasteiger partial charge < -0.3 is 25.2 Å².